The summed E-state index contributed by atoms with van der Waals surface area (Å²) in [6, 6.07) is 26.0. The number of aromatic amines is 1. The predicted octanol–water partition coefficient (Wildman–Crippen LogP) is 8.35. The molecule has 2 bridgehead atoms. The Balaban J connectivity index is 1.57. The summed E-state index contributed by atoms with van der Waals surface area (Å²) >= 11 is 0. The molecule has 5 aromatic carbocycles. The second kappa shape index (κ2) is 8.93. The Morgan fingerprint density at radius 1 is 0.610 bits per heavy atom. The lowest BCUT2D eigenvalue weighted by Crippen LogP contribution is -2.27. The van der Waals surface area contributed by atoms with E-state index in [1.165, 1.54) is 54.2 Å². The third kappa shape index (κ3) is 3.23. The molecule has 0 spiro atoms. The fraction of sp³-hybridized carbons (Fsp3) is 0.222. The van der Waals surface area contributed by atoms with Gasteiger partial charge in [-0.3, -0.25) is 0 Å². The summed E-state index contributed by atoms with van der Waals surface area (Å²) in [5, 5.41) is 9.73. The maximum Gasteiger partial charge on any atom is 0.355 e. The number of nitrogens with one attached hydrogen (secondary N) is 1. The molecule has 0 amide bonds. The van der Waals surface area contributed by atoms with Crippen molar-refractivity contribution in [3.05, 3.63) is 106 Å². The van der Waals surface area contributed by atoms with E-state index in [0.717, 1.165) is 24.0 Å². The van der Waals surface area contributed by atoms with Crippen LogP contribution in [-0.4, -0.2) is 30.1 Å². The minimum absolute atomic E-state index is 0.0551. The van der Waals surface area contributed by atoms with E-state index >= 15 is 0 Å². The first-order chi connectivity index (χ1) is 20.1. The average molecular weight is 540 g/mol. The number of rotatable bonds is 4. The van der Waals surface area contributed by atoms with E-state index < -0.39 is 11.9 Å². The molecular weight excluding hydrogens is 510 g/mol. The molecule has 5 nitrogen and oxygen atoms in total. The predicted molar refractivity (Wildman–Crippen MR) is 162 cm³/mol. The van der Waals surface area contributed by atoms with Crippen LogP contribution in [0.2, 0.25) is 0 Å². The van der Waals surface area contributed by atoms with Crippen molar-refractivity contribution in [1.82, 2.24) is 4.98 Å². The van der Waals surface area contributed by atoms with Crippen LogP contribution in [0.1, 0.15) is 81.8 Å². The summed E-state index contributed by atoms with van der Waals surface area (Å²) in [5.41, 5.74) is 5.15. The molecule has 3 aliphatic rings. The van der Waals surface area contributed by atoms with Crippen LogP contribution < -0.4 is 0 Å². The van der Waals surface area contributed by atoms with Gasteiger partial charge in [0.2, 0.25) is 0 Å². The molecule has 5 heteroatoms. The van der Waals surface area contributed by atoms with Crippen LogP contribution >= 0.6 is 0 Å². The van der Waals surface area contributed by atoms with Crippen molar-refractivity contribution < 1.29 is 19.1 Å². The first-order valence-corrected chi connectivity index (χ1v) is 14.5. The zero-order valence-corrected chi connectivity index (χ0v) is 23.0. The van der Waals surface area contributed by atoms with Crippen molar-refractivity contribution in [2.24, 2.45) is 0 Å². The molecule has 0 saturated carbocycles. The lowest BCUT2D eigenvalue weighted by atomic mass is 9.61. The molecule has 202 valence electrons. The molecule has 1 aromatic heterocycles. The zero-order chi connectivity index (χ0) is 27.8. The van der Waals surface area contributed by atoms with Gasteiger partial charge in [-0.15, -0.1) is 0 Å². The van der Waals surface area contributed by atoms with Crippen LogP contribution in [-0.2, 0) is 9.47 Å². The van der Waals surface area contributed by atoms with Crippen LogP contribution in [0.25, 0.3) is 43.1 Å². The number of fused-ring (bicyclic) bond motifs is 8. The SMILES string of the molecule is CCOC(=O)c1[nH]c(C(=O)OCC)c2c1C1CCC2c2c1c1c3ccccc3ccc1c1ccc3ccccc3c21. The molecular formula is C36H29NO4. The number of hydrogen-bond donors (Lipinski definition) is 1. The number of H-pyrrole nitrogens is 1. The summed E-state index contributed by atoms with van der Waals surface area (Å²) in [4.78, 5) is 29.9. The summed E-state index contributed by atoms with van der Waals surface area (Å²) < 4.78 is 11.0. The highest BCUT2D eigenvalue weighted by molar-refractivity contribution is 6.25. The fourth-order valence-corrected chi connectivity index (χ4v) is 7.75. The molecule has 1 N–H and O–H groups in total. The Kier molecular flexibility index (Phi) is 5.27. The lowest BCUT2D eigenvalue weighted by molar-refractivity contribution is 0.0515. The van der Waals surface area contributed by atoms with Gasteiger partial charge in [-0.2, -0.15) is 0 Å². The summed E-state index contributed by atoms with van der Waals surface area (Å²) in [5.74, 6) is -0.955. The second-order valence-electron chi connectivity index (χ2n) is 11.1. The van der Waals surface area contributed by atoms with E-state index in [1.807, 2.05) is 0 Å². The maximum atomic E-state index is 13.4. The third-order valence-corrected chi connectivity index (χ3v) is 9.15. The van der Waals surface area contributed by atoms with Gasteiger partial charge in [0, 0.05) is 11.8 Å². The largest absolute Gasteiger partial charge is 0.461 e. The fourth-order valence-electron chi connectivity index (χ4n) is 7.75. The van der Waals surface area contributed by atoms with Crippen molar-refractivity contribution in [2.45, 2.75) is 38.5 Å². The normalized spacial score (nSPS) is 17.2. The van der Waals surface area contributed by atoms with E-state index in [9.17, 15) is 9.59 Å². The lowest BCUT2D eigenvalue weighted by Gasteiger charge is -2.41. The van der Waals surface area contributed by atoms with E-state index in [-0.39, 0.29) is 25.0 Å². The Morgan fingerprint density at radius 2 is 1.05 bits per heavy atom. The van der Waals surface area contributed by atoms with Crippen molar-refractivity contribution in [1.29, 1.82) is 0 Å². The Hall–Kier alpha value is -4.64. The summed E-state index contributed by atoms with van der Waals surface area (Å²) in [6.45, 7) is 4.13. The number of ether oxygens (including phenoxy) is 2. The maximum absolute atomic E-state index is 13.4. The van der Waals surface area contributed by atoms with E-state index in [2.05, 4.69) is 77.8 Å². The number of hydrogen-bond acceptors (Lipinski definition) is 4. The quantitative estimate of drug-likeness (QED) is 0.181. The smallest absolute Gasteiger partial charge is 0.355 e. The molecule has 0 radical (unpaired) electrons. The minimum Gasteiger partial charge on any atom is -0.461 e. The first kappa shape index (κ1) is 24.2. The van der Waals surface area contributed by atoms with Crippen molar-refractivity contribution in [2.75, 3.05) is 13.2 Å². The van der Waals surface area contributed by atoms with Gasteiger partial charge in [0.15, 0.2) is 0 Å². The number of esters is 2. The number of aromatic nitrogens is 1. The van der Waals surface area contributed by atoms with Gasteiger partial charge in [-0.25, -0.2) is 9.59 Å². The Morgan fingerprint density at radius 3 is 1.49 bits per heavy atom. The molecule has 41 heavy (non-hydrogen) atoms. The van der Waals surface area contributed by atoms with Gasteiger partial charge in [-0.05, 0) is 92.0 Å². The Labute approximate surface area is 237 Å². The number of carbonyl (C=O) groups is 2. The van der Waals surface area contributed by atoms with Crippen LogP contribution in [0.5, 0.6) is 0 Å². The highest BCUT2D eigenvalue weighted by Crippen LogP contribution is 2.60. The molecule has 0 aliphatic heterocycles. The van der Waals surface area contributed by atoms with Crippen LogP contribution in [0.15, 0.2) is 72.8 Å². The molecule has 0 fully saturated rings. The number of benzene rings is 5. The highest BCUT2D eigenvalue weighted by atomic mass is 16.5. The molecule has 2 unspecified atom stereocenters. The Bertz CT molecular complexity index is 1940. The highest BCUT2D eigenvalue weighted by Gasteiger charge is 2.46. The summed E-state index contributed by atoms with van der Waals surface area (Å²) in [7, 11) is 0. The summed E-state index contributed by atoms with van der Waals surface area (Å²) in [6.07, 6.45) is 1.79. The van der Waals surface area contributed by atoms with Gasteiger partial charge >= 0.3 is 11.9 Å². The van der Waals surface area contributed by atoms with Gasteiger partial charge in [-0.1, -0.05) is 72.8 Å². The molecule has 2 atom stereocenters. The van der Waals surface area contributed by atoms with E-state index in [0.29, 0.717) is 11.4 Å². The first-order valence-electron chi connectivity index (χ1n) is 14.5. The van der Waals surface area contributed by atoms with Crippen LogP contribution in [0.3, 0.4) is 0 Å². The van der Waals surface area contributed by atoms with Crippen LogP contribution in [0, 0.1) is 0 Å². The average Bonchev–Trinajstić information content (AvgIpc) is 3.43. The van der Waals surface area contributed by atoms with E-state index in [4.69, 9.17) is 9.47 Å². The van der Waals surface area contributed by atoms with E-state index in [1.54, 1.807) is 13.8 Å². The number of carbonyl (C=O) groups excluding carboxylic acids is 2. The molecule has 9 rings (SSSR count). The third-order valence-electron chi connectivity index (χ3n) is 9.15. The standard InChI is InChI=1S/C36H29NO4/c1-3-40-35(38)33-31-25-17-18-26(32(31)34(37-33)36(39)41-4-2)30-28-22-12-8-6-10-20(22)14-16-24(28)23-15-13-19-9-5-7-11-21(19)27(23)29(25)30/h5-16,25-26,37H,3-4,17-18H2,1-2H3. The van der Waals surface area contributed by atoms with Crippen LogP contribution in [0.4, 0.5) is 0 Å². The van der Waals surface area contributed by atoms with Crippen molar-refractivity contribution in [3.63, 3.8) is 0 Å². The minimum atomic E-state index is -0.422. The van der Waals surface area contributed by atoms with Gasteiger partial charge in [0.1, 0.15) is 11.4 Å². The molecule has 1 heterocycles. The zero-order valence-electron chi connectivity index (χ0n) is 23.0. The van der Waals surface area contributed by atoms with Crippen molar-refractivity contribution in [3.8, 4) is 0 Å². The molecule has 6 aromatic rings. The van der Waals surface area contributed by atoms with Gasteiger partial charge in [0.25, 0.3) is 0 Å². The molecule has 0 saturated heterocycles. The molecule has 3 aliphatic carbocycles. The topological polar surface area (TPSA) is 68.4 Å². The van der Waals surface area contributed by atoms with Gasteiger partial charge in [0.05, 0.1) is 13.2 Å². The second-order valence-corrected chi connectivity index (χ2v) is 11.1. The monoisotopic (exact) mass is 539 g/mol. The van der Waals surface area contributed by atoms with Gasteiger partial charge < -0.3 is 14.5 Å². The van der Waals surface area contributed by atoms with Crippen molar-refractivity contribution >= 4 is 55.0 Å².